The fraction of sp³-hybridized carbons (Fsp3) is 0.0625. The maximum absolute atomic E-state index is 6.20. The van der Waals surface area contributed by atoms with E-state index in [9.17, 15) is 0 Å². The molecule has 0 aliphatic rings. The lowest BCUT2D eigenvalue weighted by molar-refractivity contribution is 0.689. The largest absolute Gasteiger partial charge is 0.396 e. The fourth-order valence-corrected chi connectivity index (χ4v) is 2.64. The topological polar surface area (TPSA) is 43.8 Å². The second-order valence-corrected chi connectivity index (χ2v) is 5.58. The van der Waals surface area contributed by atoms with Crippen LogP contribution in [0.2, 0.25) is 10.0 Å². The molecule has 3 nitrogen and oxygen atoms in total. The fourth-order valence-electron chi connectivity index (χ4n) is 2.20. The van der Waals surface area contributed by atoms with Gasteiger partial charge in [-0.1, -0.05) is 53.5 Å². The van der Waals surface area contributed by atoms with Gasteiger partial charge < -0.3 is 5.73 Å². The van der Waals surface area contributed by atoms with Gasteiger partial charge in [0.1, 0.15) is 5.69 Å². The van der Waals surface area contributed by atoms with E-state index in [2.05, 4.69) is 5.10 Å². The number of benzene rings is 2. The first kappa shape index (κ1) is 14.0. The highest BCUT2D eigenvalue weighted by molar-refractivity contribution is 6.33. The lowest BCUT2D eigenvalue weighted by Crippen LogP contribution is -2.00. The Hall–Kier alpha value is -1.97. The average molecular weight is 318 g/mol. The Kier molecular flexibility index (Phi) is 3.86. The van der Waals surface area contributed by atoms with Gasteiger partial charge in [0.25, 0.3) is 0 Å². The summed E-state index contributed by atoms with van der Waals surface area (Å²) >= 11 is 12.2. The first-order chi connectivity index (χ1) is 10.1. The van der Waals surface area contributed by atoms with Crippen LogP contribution in [0.4, 0.5) is 5.69 Å². The van der Waals surface area contributed by atoms with E-state index >= 15 is 0 Å². The van der Waals surface area contributed by atoms with E-state index in [1.807, 2.05) is 48.5 Å². The summed E-state index contributed by atoms with van der Waals surface area (Å²) in [6.45, 7) is 0.606. The minimum atomic E-state index is 0.602. The molecule has 2 aromatic carbocycles. The van der Waals surface area contributed by atoms with Gasteiger partial charge in [0.2, 0.25) is 0 Å². The summed E-state index contributed by atoms with van der Waals surface area (Å²) in [7, 11) is 0. The van der Waals surface area contributed by atoms with Crippen molar-refractivity contribution in [3.8, 4) is 11.3 Å². The second-order valence-electron chi connectivity index (χ2n) is 4.74. The Morgan fingerprint density at radius 1 is 1.05 bits per heavy atom. The van der Waals surface area contributed by atoms with Gasteiger partial charge in [0.05, 0.1) is 17.3 Å². The number of anilines is 1. The predicted molar refractivity (Wildman–Crippen MR) is 87.6 cm³/mol. The van der Waals surface area contributed by atoms with Gasteiger partial charge in [0.15, 0.2) is 0 Å². The van der Waals surface area contributed by atoms with E-state index in [1.165, 1.54) is 0 Å². The Morgan fingerprint density at radius 2 is 1.86 bits per heavy atom. The van der Waals surface area contributed by atoms with Crippen molar-refractivity contribution in [1.82, 2.24) is 9.78 Å². The Labute approximate surface area is 132 Å². The zero-order valence-corrected chi connectivity index (χ0v) is 12.6. The summed E-state index contributed by atoms with van der Waals surface area (Å²) in [4.78, 5) is 0. The lowest BCUT2D eigenvalue weighted by Gasteiger charge is -2.03. The van der Waals surface area contributed by atoms with Crippen LogP contribution in [0.25, 0.3) is 11.3 Å². The van der Waals surface area contributed by atoms with Crippen LogP contribution >= 0.6 is 23.2 Å². The van der Waals surface area contributed by atoms with E-state index in [4.69, 9.17) is 28.9 Å². The van der Waals surface area contributed by atoms with Crippen LogP contribution in [-0.2, 0) is 6.54 Å². The van der Waals surface area contributed by atoms with Crippen molar-refractivity contribution in [3.05, 3.63) is 70.3 Å². The number of rotatable bonds is 3. The van der Waals surface area contributed by atoms with Gasteiger partial charge in [-0.05, 0) is 23.8 Å². The maximum Gasteiger partial charge on any atom is 0.117 e. The monoisotopic (exact) mass is 317 g/mol. The molecule has 0 saturated carbocycles. The molecule has 0 aliphatic carbocycles. The Morgan fingerprint density at radius 3 is 2.62 bits per heavy atom. The summed E-state index contributed by atoms with van der Waals surface area (Å²) in [6, 6.07) is 15.2. The van der Waals surface area contributed by atoms with Gasteiger partial charge in [-0.2, -0.15) is 5.10 Å². The third-order valence-electron chi connectivity index (χ3n) is 3.15. The zero-order chi connectivity index (χ0) is 14.8. The minimum absolute atomic E-state index is 0.602. The summed E-state index contributed by atoms with van der Waals surface area (Å²) in [5.74, 6) is 0. The summed E-state index contributed by atoms with van der Waals surface area (Å²) in [5.41, 5.74) is 9.26. The van der Waals surface area contributed by atoms with E-state index in [1.54, 1.807) is 10.9 Å². The first-order valence-electron chi connectivity index (χ1n) is 6.46. The molecular weight excluding hydrogens is 305 g/mol. The number of halogens is 2. The first-order valence-corrected chi connectivity index (χ1v) is 7.21. The van der Waals surface area contributed by atoms with Crippen molar-refractivity contribution in [3.63, 3.8) is 0 Å². The lowest BCUT2D eigenvalue weighted by atomic mass is 10.1. The van der Waals surface area contributed by atoms with Crippen molar-refractivity contribution in [2.45, 2.75) is 6.54 Å². The highest BCUT2D eigenvalue weighted by Crippen LogP contribution is 2.30. The van der Waals surface area contributed by atoms with Crippen molar-refractivity contribution in [2.75, 3.05) is 5.73 Å². The van der Waals surface area contributed by atoms with Gasteiger partial charge in [-0.25, -0.2) is 0 Å². The zero-order valence-electron chi connectivity index (χ0n) is 11.1. The number of nitrogens with zero attached hydrogens (tertiary/aromatic N) is 2. The van der Waals surface area contributed by atoms with Crippen LogP contribution in [0.15, 0.2) is 54.7 Å². The number of hydrogen-bond donors (Lipinski definition) is 1. The van der Waals surface area contributed by atoms with E-state index in [0.717, 1.165) is 11.1 Å². The van der Waals surface area contributed by atoms with Crippen molar-refractivity contribution >= 4 is 28.9 Å². The molecule has 0 aliphatic heterocycles. The normalized spacial score (nSPS) is 10.8. The molecule has 0 radical (unpaired) electrons. The van der Waals surface area contributed by atoms with Crippen LogP contribution in [0.3, 0.4) is 0 Å². The van der Waals surface area contributed by atoms with Gasteiger partial charge in [-0.3, -0.25) is 4.68 Å². The number of nitrogen functional groups attached to an aromatic ring is 1. The van der Waals surface area contributed by atoms with Crippen LogP contribution in [-0.4, -0.2) is 9.78 Å². The molecule has 3 aromatic rings. The summed E-state index contributed by atoms with van der Waals surface area (Å²) < 4.78 is 1.79. The van der Waals surface area contributed by atoms with Gasteiger partial charge in [-0.15, -0.1) is 0 Å². The number of hydrogen-bond acceptors (Lipinski definition) is 2. The molecule has 3 rings (SSSR count). The third kappa shape index (κ3) is 3.04. The van der Waals surface area contributed by atoms with E-state index in [0.29, 0.717) is 28.0 Å². The summed E-state index contributed by atoms with van der Waals surface area (Å²) in [6.07, 6.45) is 1.81. The Bertz CT molecular complexity index is 781. The minimum Gasteiger partial charge on any atom is -0.396 e. The van der Waals surface area contributed by atoms with Gasteiger partial charge >= 0.3 is 0 Å². The predicted octanol–water partition coefficient (Wildman–Crippen LogP) is 4.49. The van der Waals surface area contributed by atoms with Crippen LogP contribution in [0.1, 0.15) is 5.56 Å². The molecular formula is C16H13Cl2N3. The molecule has 1 heterocycles. The smallest absolute Gasteiger partial charge is 0.117 e. The SMILES string of the molecule is Nc1cn(Cc2cccc(Cl)c2)nc1-c1ccccc1Cl. The second kappa shape index (κ2) is 5.80. The molecule has 2 N–H and O–H groups in total. The molecule has 0 atom stereocenters. The van der Waals surface area contributed by atoms with Crippen molar-refractivity contribution < 1.29 is 0 Å². The molecule has 0 spiro atoms. The molecule has 0 unspecified atom stereocenters. The third-order valence-corrected chi connectivity index (χ3v) is 3.72. The van der Waals surface area contributed by atoms with Crippen LogP contribution < -0.4 is 5.73 Å². The number of aromatic nitrogens is 2. The highest BCUT2D eigenvalue weighted by Gasteiger charge is 2.11. The quantitative estimate of drug-likeness (QED) is 0.773. The van der Waals surface area contributed by atoms with E-state index < -0.39 is 0 Å². The molecule has 0 saturated heterocycles. The maximum atomic E-state index is 6.20. The van der Waals surface area contributed by atoms with Crippen molar-refractivity contribution in [1.29, 1.82) is 0 Å². The molecule has 21 heavy (non-hydrogen) atoms. The molecule has 0 bridgehead atoms. The van der Waals surface area contributed by atoms with Gasteiger partial charge in [0, 0.05) is 16.8 Å². The standard InChI is InChI=1S/C16H13Cl2N3/c17-12-5-3-4-11(8-12)9-21-10-15(19)16(20-21)13-6-1-2-7-14(13)18/h1-8,10H,9,19H2. The molecule has 5 heteroatoms. The highest BCUT2D eigenvalue weighted by atomic mass is 35.5. The van der Waals surface area contributed by atoms with Crippen LogP contribution in [0, 0.1) is 0 Å². The summed E-state index contributed by atoms with van der Waals surface area (Å²) in [5, 5.41) is 5.87. The van der Waals surface area contributed by atoms with E-state index in [-0.39, 0.29) is 0 Å². The molecule has 106 valence electrons. The average Bonchev–Trinajstić information content (AvgIpc) is 2.80. The molecule has 1 aromatic heterocycles. The number of nitrogens with two attached hydrogens (primary N) is 1. The Balaban J connectivity index is 1.93. The van der Waals surface area contributed by atoms with Crippen LogP contribution in [0.5, 0.6) is 0 Å². The molecule has 0 fully saturated rings. The molecule has 0 amide bonds. The van der Waals surface area contributed by atoms with Crippen molar-refractivity contribution in [2.24, 2.45) is 0 Å².